The molecule has 1 amide bonds. The van der Waals surface area contributed by atoms with Crippen molar-refractivity contribution >= 4 is 5.91 Å². The van der Waals surface area contributed by atoms with Crippen LogP contribution in [0.1, 0.15) is 56.9 Å². The number of likely N-dealkylation sites (tertiary alicyclic amines) is 1. The van der Waals surface area contributed by atoms with Crippen molar-refractivity contribution < 1.29 is 4.79 Å². The van der Waals surface area contributed by atoms with E-state index in [1.165, 1.54) is 63.5 Å². The van der Waals surface area contributed by atoms with Gasteiger partial charge in [0.25, 0.3) is 0 Å². The van der Waals surface area contributed by atoms with Gasteiger partial charge in [-0.15, -0.1) is 0 Å². The number of piperidine rings is 1. The largest absolute Gasteiger partial charge is 0.355 e. The predicted molar refractivity (Wildman–Crippen MR) is 108 cm³/mol. The van der Waals surface area contributed by atoms with E-state index >= 15 is 0 Å². The van der Waals surface area contributed by atoms with Gasteiger partial charge in [0.15, 0.2) is 0 Å². The molecule has 0 aromatic heterocycles. The minimum atomic E-state index is 0.00709. The van der Waals surface area contributed by atoms with E-state index in [-0.39, 0.29) is 5.41 Å². The second-order valence-electron chi connectivity index (χ2n) is 10.1. The first kappa shape index (κ1) is 17.7. The average molecular weight is 367 g/mol. The first-order valence-corrected chi connectivity index (χ1v) is 11.2. The number of amides is 1. The Bertz CT molecular complexity index is 635. The van der Waals surface area contributed by atoms with Gasteiger partial charge in [0.2, 0.25) is 5.91 Å². The second-order valence-corrected chi connectivity index (χ2v) is 10.1. The number of carbonyl (C=O) groups is 1. The number of hydrogen-bond donors (Lipinski definition) is 1. The van der Waals surface area contributed by atoms with Crippen LogP contribution in [0.15, 0.2) is 30.3 Å². The Morgan fingerprint density at radius 1 is 1.04 bits per heavy atom. The van der Waals surface area contributed by atoms with Crippen LogP contribution in [0.3, 0.4) is 0 Å². The number of rotatable bonds is 5. The third-order valence-corrected chi connectivity index (χ3v) is 7.92. The third kappa shape index (κ3) is 3.68. The fraction of sp³-hybridized carbons (Fsp3) is 0.708. The van der Waals surface area contributed by atoms with Crippen LogP contribution >= 0.6 is 0 Å². The van der Waals surface area contributed by atoms with Crippen LogP contribution in [0.5, 0.6) is 0 Å². The lowest BCUT2D eigenvalue weighted by atomic mass is 9.49. The molecule has 4 aliphatic carbocycles. The molecule has 5 fully saturated rings. The van der Waals surface area contributed by atoms with Crippen molar-refractivity contribution in [2.75, 3.05) is 19.6 Å². The summed E-state index contributed by atoms with van der Waals surface area (Å²) in [5, 5.41) is 3.43. The van der Waals surface area contributed by atoms with Crippen molar-refractivity contribution in [1.29, 1.82) is 0 Å². The fourth-order valence-electron chi connectivity index (χ4n) is 7.12. The molecule has 0 spiro atoms. The van der Waals surface area contributed by atoms with Crippen LogP contribution in [0, 0.1) is 29.1 Å². The lowest BCUT2D eigenvalue weighted by Crippen LogP contribution is -2.54. The van der Waals surface area contributed by atoms with Crippen LogP contribution in [-0.4, -0.2) is 30.4 Å². The van der Waals surface area contributed by atoms with Gasteiger partial charge >= 0.3 is 0 Å². The minimum absolute atomic E-state index is 0.00709. The summed E-state index contributed by atoms with van der Waals surface area (Å²) in [6.45, 7) is 4.23. The number of nitrogens with one attached hydrogen (secondary N) is 1. The maximum atomic E-state index is 13.2. The highest BCUT2D eigenvalue weighted by molar-refractivity contribution is 5.83. The van der Waals surface area contributed by atoms with E-state index in [2.05, 4.69) is 40.5 Å². The quantitative estimate of drug-likeness (QED) is 0.846. The summed E-state index contributed by atoms with van der Waals surface area (Å²) < 4.78 is 0. The molecule has 1 unspecified atom stereocenters. The Hall–Kier alpha value is -1.35. The highest BCUT2D eigenvalue weighted by Crippen LogP contribution is 2.60. The van der Waals surface area contributed by atoms with Crippen LogP contribution in [0.4, 0.5) is 0 Å². The summed E-state index contributed by atoms with van der Waals surface area (Å²) in [5.74, 6) is 3.55. The maximum absolute atomic E-state index is 13.2. The monoisotopic (exact) mass is 366 g/mol. The predicted octanol–water partition coefficient (Wildman–Crippen LogP) is 4.23. The molecule has 1 aliphatic heterocycles. The van der Waals surface area contributed by atoms with Crippen molar-refractivity contribution in [3.8, 4) is 0 Å². The zero-order valence-electron chi connectivity index (χ0n) is 16.5. The van der Waals surface area contributed by atoms with Gasteiger partial charge in [-0.05, 0) is 87.1 Å². The number of carbonyl (C=O) groups excluding carboxylic acids is 1. The van der Waals surface area contributed by atoms with E-state index in [4.69, 9.17) is 0 Å². The van der Waals surface area contributed by atoms with E-state index in [9.17, 15) is 4.79 Å². The summed E-state index contributed by atoms with van der Waals surface area (Å²) in [6.07, 6.45) is 10.3. The number of benzene rings is 1. The molecule has 1 atom stereocenters. The molecule has 1 saturated heterocycles. The van der Waals surface area contributed by atoms with Gasteiger partial charge in [-0.3, -0.25) is 9.69 Å². The molecule has 4 saturated carbocycles. The molecule has 0 radical (unpaired) electrons. The van der Waals surface area contributed by atoms with Gasteiger partial charge in [-0.2, -0.15) is 0 Å². The second kappa shape index (κ2) is 7.24. The third-order valence-electron chi connectivity index (χ3n) is 7.92. The van der Waals surface area contributed by atoms with Crippen LogP contribution in [0.25, 0.3) is 0 Å². The first-order chi connectivity index (χ1) is 13.2. The lowest BCUT2D eigenvalue weighted by Gasteiger charge is -2.55. The van der Waals surface area contributed by atoms with E-state index in [1.54, 1.807) is 0 Å². The average Bonchev–Trinajstić information content (AvgIpc) is 2.66. The Balaban J connectivity index is 1.15. The molecule has 4 bridgehead atoms. The van der Waals surface area contributed by atoms with Gasteiger partial charge in [-0.1, -0.05) is 30.3 Å². The minimum Gasteiger partial charge on any atom is -0.355 e. The summed E-state index contributed by atoms with van der Waals surface area (Å²) in [5.41, 5.74) is 1.41. The highest BCUT2D eigenvalue weighted by atomic mass is 16.2. The van der Waals surface area contributed by atoms with Gasteiger partial charge in [-0.25, -0.2) is 0 Å². The summed E-state index contributed by atoms with van der Waals surface area (Å²) in [4.78, 5) is 15.8. The molecule has 3 nitrogen and oxygen atoms in total. The van der Waals surface area contributed by atoms with Crippen LogP contribution in [-0.2, 0) is 11.3 Å². The Morgan fingerprint density at radius 2 is 1.70 bits per heavy atom. The van der Waals surface area contributed by atoms with E-state index < -0.39 is 0 Å². The number of hydrogen-bond acceptors (Lipinski definition) is 2. The van der Waals surface area contributed by atoms with Crippen molar-refractivity contribution in [1.82, 2.24) is 10.2 Å². The molecule has 27 heavy (non-hydrogen) atoms. The van der Waals surface area contributed by atoms with E-state index in [0.717, 1.165) is 37.4 Å². The molecule has 1 aromatic rings. The molecule has 1 heterocycles. The standard InChI is InChI=1S/C24H34N2O/c27-23(24-12-20-9-21(13-24)11-22(10-20)14-24)25-15-19-7-4-8-26(17-19)16-18-5-2-1-3-6-18/h1-3,5-6,19-22H,4,7-17H2,(H,25,27). The SMILES string of the molecule is O=C(NCC1CCCN(Cc2ccccc2)C1)C12CC3CC(CC(C3)C1)C2. The van der Waals surface area contributed by atoms with Gasteiger partial charge in [0.05, 0.1) is 0 Å². The first-order valence-electron chi connectivity index (χ1n) is 11.2. The Kier molecular flexibility index (Phi) is 4.75. The highest BCUT2D eigenvalue weighted by Gasteiger charge is 2.54. The molecule has 3 heteroatoms. The van der Waals surface area contributed by atoms with Gasteiger partial charge in [0, 0.05) is 25.0 Å². The molecular formula is C24H34N2O. The van der Waals surface area contributed by atoms with Crippen LogP contribution < -0.4 is 5.32 Å². The Morgan fingerprint density at radius 3 is 2.37 bits per heavy atom. The Labute approximate surface area is 163 Å². The fourth-order valence-corrected chi connectivity index (χ4v) is 7.12. The number of nitrogens with zero attached hydrogens (tertiary/aromatic N) is 1. The van der Waals surface area contributed by atoms with Crippen molar-refractivity contribution in [2.45, 2.75) is 57.9 Å². The zero-order valence-corrected chi connectivity index (χ0v) is 16.5. The van der Waals surface area contributed by atoms with Crippen molar-refractivity contribution in [3.05, 3.63) is 35.9 Å². The van der Waals surface area contributed by atoms with Crippen molar-refractivity contribution in [3.63, 3.8) is 0 Å². The topological polar surface area (TPSA) is 32.3 Å². The molecule has 146 valence electrons. The van der Waals surface area contributed by atoms with E-state index in [1.807, 2.05) is 0 Å². The van der Waals surface area contributed by atoms with Crippen LogP contribution in [0.2, 0.25) is 0 Å². The van der Waals surface area contributed by atoms with Crippen molar-refractivity contribution in [2.24, 2.45) is 29.1 Å². The summed E-state index contributed by atoms with van der Waals surface area (Å²) in [6, 6.07) is 10.8. The smallest absolute Gasteiger partial charge is 0.226 e. The molecular weight excluding hydrogens is 332 g/mol. The molecule has 1 N–H and O–H groups in total. The molecule has 1 aromatic carbocycles. The van der Waals surface area contributed by atoms with E-state index in [0.29, 0.717) is 11.8 Å². The normalized spacial score (nSPS) is 38.1. The zero-order chi connectivity index (χ0) is 18.3. The lowest BCUT2D eigenvalue weighted by molar-refractivity contribution is -0.146. The maximum Gasteiger partial charge on any atom is 0.226 e. The molecule has 6 rings (SSSR count). The van der Waals surface area contributed by atoms with Gasteiger partial charge < -0.3 is 5.32 Å². The van der Waals surface area contributed by atoms with Gasteiger partial charge in [0.1, 0.15) is 0 Å². The summed E-state index contributed by atoms with van der Waals surface area (Å²) in [7, 11) is 0. The molecule has 5 aliphatic rings. The summed E-state index contributed by atoms with van der Waals surface area (Å²) >= 11 is 0.